The van der Waals surface area contributed by atoms with Crippen LogP contribution in [0.1, 0.15) is 26.3 Å². The van der Waals surface area contributed by atoms with Gasteiger partial charge in [-0.3, -0.25) is 5.10 Å². The fourth-order valence-corrected chi connectivity index (χ4v) is 3.30. The number of benzene rings is 1. The van der Waals surface area contributed by atoms with Crippen LogP contribution in [0.4, 0.5) is 0 Å². The second-order valence-corrected chi connectivity index (χ2v) is 12.3. The molecule has 0 saturated heterocycles. The zero-order valence-electron chi connectivity index (χ0n) is 12.4. The third-order valence-electron chi connectivity index (χ3n) is 3.98. The van der Waals surface area contributed by atoms with Crippen molar-refractivity contribution < 1.29 is 4.43 Å². The van der Waals surface area contributed by atoms with E-state index in [4.69, 9.17) is 4.43 Å². The molecule has 1 N–H and O–H groups in total. The van der Waals surface area contributed by atoms with Crippen LogP contribution in [0.5, 0.6) is 5.75 Å². The zero-order valence-corrected chi connectivity index (χ0v) is 15.5. The Morgan fingerprint density at radius 1 is 1.26 bits per heavy atom. The van der Waals surface area contributed by atoms with Crippen molar-refractivity contribution in [2.24, 2.45) is 0 Å². The zero-order chi connectivity index (χ0) is 14.4. The standard InChI is InChI=1S/C14H21IN2OSi/c1-9-7-11-10(13(15)17-16-11)8-12(9)18-19(5,6)14(2,3)4/h7-8H,1-6H3,(H,16,17). The molecule has 0 atom stereocenters. The van der Waals surface area contributed by atoms with E-state index in [0.717, 1.165) is 25.9 Å². The van der Waals surface area contributed by atoms with E-state index in [1.54, 1.807) is 0 Å². The Balaban J connectivity index is 2.45. The molecule has 19 heavy (non-hydrogen) atoms. The maximum Gasteiger partial charge on any atom is 0.250 e. The number of rotatable bonds is 2. The quantitative estimate of drug-likeness (QED) is 0.589. The van der Waals surface area contributed by atoms with Gasteiger partial charge < -0.3 is 4.43 Å². The molecule has 5 heteroatoms. The lowest BCUT2D eigenvalue weighted by Gasteiger charge is -2.36. The van der Waals surface area contributed by atoms with Crippen molar-refractivity contribution >= 4 is 41.8 Å². The molecule has 0 bridgehead atoms. The van der Waals surface area contributed by atoms with Gasteiger partial charge in [-0.25, -0.2) is 0 Å². The molecular weight excluding hydrogens is 367 g/mol. The molecule has 0 aliphatic heterocycles. The van der Waals surface area contributed by atoms with Gasteiger partial charge in [0.1, 0.15) is 9.45 Å². The Kier molecular flexibility index (Phi) is 3.72. The summed E-state index contributed by atoms with van der Waals surface area (Å²) in [5, 5.41) is 8.63. The Labute approximate surface area is 129 Å². The van der Waals surface area contributed by atoms with Gasteiger partial charge in [-0.1, -0.05) is 20.8 Å². The van der Waals surface area contributed by atoms with Crippen molar-refractivity contribution in [2.75, 3.05) is 0 Å². The Morgan fingerprint density at radius 3 is 2.47 bits per heavy atom. The van der Waals surface area contributed by atoms with Crippen LogP contribution in [-0.2, 0) is 0 Å². The first-order valence-corrected chi connectivity index (χ1v) is 10.4. The largest absolute Gasteiger partial charge is 0.543 e. The number of aryl methyl sites for hydroxylation is 1. The Morgan fingerprint density at radius 2 is 1.89 bits per heavy atom. The number of fused-ring (bicyclic) bond motifs is 1. The van der Waals surface area contributed by atoms with E-state index in [2.05, 4.69) is 85.7 Å². The van der Waals surface area contributed by atoms with E-state index in [1.807, 2.05) is 0 Å². The maximum absolute atomic E-state index is 6.42. The Hall–Kier alpha value is -0.563. The summed E-state index contributed by atoms with van der Waals surface area (Å²) in [7, 11) is -1.79. The number of aromatic nitrogens is 2. The van der Waals surface area contributed by atoms with Crippen LogP contribution in [0.25, 0.3) is 10.9 Å². The number of aromatic amines is 1. The normalized spacial score (nSPS) is 13.0. The molecular formula is C14H21IN2OSi. The van der Waals surface area contributed by atoms with Gasteiger partial charge in [0.25, 0.3) is 0 Å². The number of nitrogens with one attached hydrogen (secondary N) is 1. The monoisotopic (exact) mass is 388 g/mol. The molecule has 1 aromatic heterocycles. The number of hydrogen-bond donors (Lipinski definition) is 1. The van der Waals surface area contributed by atoms with Crippen LogP contribution in [0.15, 0.2) is 12.1 Å². The van der Waals surface area contributed by atoms with Crippen LogP contribution in [0, 0.1) is 10.6 Å². The van der Waals surface area contributed by atoms with E-state index in [9.17, 15) is 0 Å². The second kappa shape index (κ2) is 4.77. The molecule has 2 aromatic rings. The molecule has 0 radical (unpaired) electrons. The van der Waals surface area contributed by atoms with Crippen molar-refractivity contribution in [3.63, 3.8) is 0 Å². The summed E-state index contributed by atoms with van der Waals surface area (Å²) >= 11 is 2.25. The Bertz CT molecular complexity index is 614. The number of H-pyrrole nitrogens is 1. The van der Waals surface area contributed by atoms with Crippen molar-refractivity contribution in [3.05, 3.63) is 21.4 Å². The van der Waals surface area contributed by atoms with Gasteiger partial charge in [0, 0.05) is 5.39 Å². The number of hydrogen-bond acceptors (Lipinski definition) is 2. The predicted octanol–water partition coefficient (Wildman–Crippen LogP) is 4.86. The summed E-state index contributed by atoms with van der Waals surface area (Å²) in [5.41, 5.74) is 2.24. The lowest BCUT2D eigenvalue weighted by molar-refractivity contribution is 0.490. The SMILES string of the molecule is Cc1cc2[nH]nc(I)c2cc1O[Si](C)(C)C(C)(C)C. The van der Waals surface area contributed by atoms with E-state index in [0.29, 0.717) is 0 Å². The van der Waals surface area contributed by atoms with Crippen LogP contribution in [0.2, 0.25) is 18.1 Å². The summed E-state index contributed by atoms with van der Waals surface area (Å²) in [6.45, 7) is 13.4. The average molecular weight is 388 g/mol. The van der Waals surface area contributed by atoms with E-state index < -0.39 is 8.32 Å². The molecule has 104 valence electrons. The first-order chi connectivity index (χ1) is 8.62. The molecule has 3 nitrogen and oxygen atoms in total. The molecule has 0 unspecified atom stereocenters. The highest BCUT2D eigenvalue weighted by atomic mass is 127. The highest BCUT2D eigenvalue weighted by molar-refractivity contribution is 14.1. The smallest absolute Gasteiger partial charge is 0.250 e. The van der Waals surface area contributed by atoms with Gasteiger partial charge in [-0.2, -0.15) is 5.10 Å². The van der Waals surface area contributed by atoms with Crippen LogP contribution >= 0.6 is 22.6 Å². The number of nitrogens with zero attached hydrogens (tertiary/aromatic N) is 1. The van der Waals surface area contributed by atoms with Gasteiger partial charge in [-0.05, 0) is 65.3 Å². The van der Waals surface area contributed by atoms with Crippen molar-refractivity contribution in [2.45, 2.75) is 45.8 Å². The first-order valence-electron chi connectivity index (χ1n) is 6.45. The highest BCUT2D eigenvalue weighted by Crippen LogP contribution is 2.39. The van der Waals surface area contributed by atoms with Crippen molar-refractivity contribution in [3.8, 4) is 5.75 Å². The molecule has 0 saturated carbocycles. The summed E-state index contributed by atoms with van der Waals surface area (Å²) in [4.78, 5) is 0. The van der Waals surface area contributed by atoms with Gasteiger partial charge in [-0.15, -0.1) is 0 Å². The van der Waals surface area contributed by atoms with Gasteiger partial charge in [0.2, 0.25) is 8.32 Å². The minimum absolute atomic E-state index is 0.206. The lowest BCUT2D eigenvalue weighted by Crippen LogP contribution is -2.44. The fraction of sp³-hybridized carbons (Fsp3) is 0.500. The lowest BCUT2D eigenvalue weighted by atomic mass is 10.2. The first kappa shape index (κ1) is 14.8. The van der Waals surface area contributed by atoms with E-state index in [1.165, 1.54) is 0 Å². The minimum atomic E-state index is -1.79. The van der Waals surface area contributed by atoms with Crippen molar-refractivity contribution in [1.29, 1.82) is 0 Å². The van der Waals surface area contributed by atoms with Gasteiger partial charge in [0.15, 0.2) is 0 Å². The predicted molar refractivity (Wildman–Crippen MR) is 91.4 cm³/mol. The second-order valence-electron chi connectivity index (χ2n) is 6.54. The maximum atomic E-state index is 6.42. The highest BCUT2D eigenvalue weighted by Gasteiger charge is 2.39. The van der Waals surface area contributed by atoms with Gasteiger partial charge in [0.05, 0.1) is 5.52 Å². The topological polar surface area (TPSA) is 37.9 Å². The summed E-state index contributed by atoms with van der Waals surface area (Å²) < 4.78 is 7.42. The van der Waals surface area contributed by atoms with Crippen LogP contribution in [0.3, 0.4) is 0 Å². The van der Waals surface area contributed by atoms with Gasteiger partial charge >= 0.3 is 0 Å². The molecule has 0 amide bonds. The molecule has 2 rings (SSSR count). The van der Waals surface area contributed by atoms with Crippen molar-refractivity contribution in [1.82, 2.24) is 10.2 Å². The van der Waals surface area contributed by atoms with E-state index in [-0.39, 0.29) is 5.04 Å². The molecule has 0 aliphatic carbocycles. The molecule has 0 spiro atoms. The summed E-state index contributed by atoms with van der Waals surface area (Å²) in [6, 6.07) is 4.24. The minimum Gasteiger partial charge on any atom is -0.543 e. The molecule has 0 aliphatic rings. The summed E-state index contributed by atoms with van der Waals surface area (Å²) in [5.74, 6) is 0.999. The fourth-order valence-electron chi connectivity index (χ4n) is 1.66. The molecule has 1 heterocycles. The molecule has 1 aromatic carbocycles. The van der Waals surface area contributed by atoms with E-state index >= 15 is 0 Å². The average Bonchev–Trinajstić information content (AvgIpc) is 2.59. The van der Waals surface area contributed by atoms with Crippen LogP contribution in [-0.4, -0.2) is 18.5 Å². The number of halogens is 1. The summed E-state index contributed by atoms with van der Waals surface area (Å²) in [6.07, 6.45) is 0. The van der Waals surface area contributed by atoms with Crippen LogP contribution < -0.4 is 4.43 Å². The third kappa shape index (κ3) is 2.81. The molecule has 0 fully saturated rings. The third-order valence-corrected chi connectivity index (χ3v) is 9.15.